The lowest BCUT2D eigenvalue weighted by atomic mass is 9.68. The third-order valence-corrected chi connectivity index (χ3v) is 3.77. The number of aliphatic hydroxyl groups is 1. The van der Waals surface area contributed by atoms with Crippen LogP contribution in [0, 0.1) is 9.49 Å². The monoisotopic (exact) mass is 332 g/mol. The summed E-state index contributed by atoms with van der Waals surface area (Å²) in [6.07, 6.45) is 1.29. The summed E-state index contributed by atoms with van der Waals surface area (Å²) in [5.41, 5.74) is 0.252. The number of hydrogen-bond acceptors (Lipinski definition) is 2. The van der Waals surface area contributed by atoms with Crippen LogP contribution in [0.3, 0.4) is 0 Å². The number of carboxylic acid groups (broad SMARTS) is 1. The van der Waals surface area contributed by atoms with E-state index >= 15 is 0 Å². The average Bonchev–Trinajstić information content (AvgIpc) is 2.17. The summed E-state index contributed by atoms with van der Waals surface area (Å²) in [6.45, 7) is 0. The largest absolute Gasteiger partial charge is 0.481 e. The fraction of sp³-hybridized carbons (Fsp3) is 0.417. The van der Waals surface area contributed by atoms with Gasteiger partial charge in [0.2, 0.25) is 0 Å². The van der Waals surface area contributed by atoms with E-state index in [-0.39, 0.29) is 5.92 Å². The van der Waals surface area contributed by atoms with Crippen molar-refractivity contribution in [2.45, 2.75) is 24.9 Å². The van der Waals surface area contributed by atoms with Gasteiger partial charge in [-0.2, -0.15) is 0 Å². The second kappa shape index (κ2) is 4.33. The van der Waals surface area contributed by atoms with Gasteiger partial charge >= 0.3 is 5.97 Å². The van der Waals surface area contributed by atoms with Gasteiger partial charge in [0, 0.05) is 9.99 Å². The lowest BCUT2D eigenvalue weighted by molar-refractivity contribution is -0.158. The summed E-state index contributed by atoms with van der Waals surface area (Å²) >= 11 is 2.23. The van der Waals surface area contributed by atoms with Crippen molar-refractivity contribution in [2.75, 3.05) is 0 Å². The Kier molecular flexibility index (Phi) is 3.21. The van der Waals surface area contributed by atoms with E-state index < -0.39 is 11.6 Å². The van der Waals surface area contributed by atoms with Crippen molar-refractivity contribution in [1.29, 1.82) is 0 Å². The Morgan fingerprint density at radius 3 is 2.44 bits per heavy atom. The van der Waals surface area contributed by atoms with E-state index in [0.717, 1.165) is 9.13 Å². The van der Waals surface area contributed by atoms with Crippen molar-refractivity contribution in [2.24, 2.45) is 5.92 Å². The minimum atomic E-state index is -0.810. The molecular weight excluding hydrogens is 319 g/mol. The van der Waals surface area contributed by atoms with Gasteiger partial charge in [0.1, 0.15) is 0 Å². The number of carboxylic acids is 1. The van der Waals surface area contributed by atoms with Gasteiger partial charge in [0.25, 0.3) is 0 Å². The molecule has 0 aromatic heterocycles. The van der Waals surface area contributed by atoms with E-state index in [1.54, 1.807) is 0 Å². The lowest BCUT2D eigenvalue weighted by Gasteiger charge is -2.41. The van der Waals surface area contributed by atoms with Crippen LogP contribution in [0.4, 0.5) is 0 Å². The van der Waals surface area contributed by atoms with Gasteiger partial charge in [0.15, 0.2) is 0 Å². The maximum atomic E-state index is 10.7. The van der Waals surface area contributed by atoms with Crippen LogP contribution in [0.5, 0.6) is 0 Å². The van der Waals surface area contributed by atoms with Gasteiger partial charge in [-0.3, -0.25) is 4.79 Å². The Labute approximate surface area is 108 Å². The SMILES string of the molecule is O=C(O)C1CC(O)(Cc2ccc(I)cc2)C1. The highest BCUT2D eigenvalue weighted by atomic mass is 127. The van der Waals surface area contributed by atoms with Gasteiger partial charge in [-0.1, -0.05) is 12.1 Å². The van der Waals surface area contributed by atoms with Gasteiger partial charge in [-0.05, 0) is 53.1 Å². The highest BCUT2D eigenvalue weighted by molar-refractivity contribution is 14.1. The molecule has 1 aliphatic rings. The minimum Gasteiger partial charge on any atom is -0.481 e. The van der Waals surface area contributed by atoms with Gasteiger partial charge in [-0.15, -0.1) is 0 Å². The second-order valence-corrected chi connectivity index (χ2v) is 5.72. The molecule has 0 heterocycles. The van der Waals surface area contributed by atoms with Crippen LogP contribution >= 0.6 is 22.6 Å². The van der Waals surface area contributed by atoms with Crippen LogP contribution in [-0.4, -0.2) is 21.8 Å². The molecule has 3 nitrogen and oxygen atoms in total. The first-order chi connectivity index (χ1) is 7.48. The summed E-state index contributed by atoms with van der Waals surface area (Å²) < 4.78 is 1.16. The highest BCUT2D eigenvalue weighted by Gasteiger charge is 2.46. The molecule has 4 heteroatoms. The van der Waals surface area contributed by atoms with E-state index in [0.29, 0.717) is 19.3 Å². The molecule has 0 spiro atoms. The Hall–Kier alpha value is -0.620. The molecule has 16 heavy (non-hydrogen) atoms. The molecule has 1 fully saturated rings. The van der Waals surface area contributed by atoms with Crippen LogP contribution in [0.15, 0.2) is 24.3 Å². The first-order valence-corrected chi connectivity index (χ1v) is 6.26. The predicted molar refractivity (Wildman–Crippen MR) is 68.2 cm³/mol. The third kappa shape index (κ3) is 2.55. The second-order valence-electron chi connectivity index (χ2n) is 4.47. The van der Waals surface area contributed by atoms with Crippen LogP contribution in [0.25, 0.3) is 0 Å². The van der Waals surface area contributed by atoms with Crippen LogP contribution in [-0.2, 0) is 11.2 Å². The van der Waals surface area contributed by atoms with Gasteiger partial charge < -0.3 is 10.2 Å². The Morgan fingerprint density at radius 1 is 1.38 bits per heavy atom. The Morgan fingerprint density at radius 2 is 1.94 bits per heavy atom. The van der Waals surface area contributed by atoms with E-state index in [4.69, 9.17) is 5.11 Å². The van der Waals surface area contributed by atoms with Crippen LogP contribution in [0.2, 0.25) is 0 Å². The minimum absolute atomic E-state index is 0.367. The number of hydrogen-bond donors (Lipinski definition) is 2. The molecule has 2 rings (SSSR count). The van der Waals surface area contributed by atoms with Crippen LogP contribution in [0.1, 0.15) is 18.4 Å². The van der Waals surface area contributed by atoms with Gasteiger partial charge in [0.05, 0.1) is 11.5 Å². The van der Waals surface area contributed by atoms with Crippen molar-refractivity contribution in [3.05, 3.63) is 33.4 Å². The molecule has 2 N–H and O–H groups in total. The zero-order chi connectivity index (χ0) is 11.8. The highest BCUT2D eigenvalue weighted by Crippen LogP contribution is 2.40. The summed E-state index contributed by atoms with van der Waals surface area (Å²) in [4.78, 5) is 10.7. The fourth-order valence-corrected chi connectivity index (χ4v) is 2.52. The molecule has 1 aromatic rings. The molecule has 0 bridgehead atoms. The molecule has 0 amide bonds. The number of aliphatic carboxylic acids is 1. The number of rotatable bonds is 3. The third-order valence-electron chi connectivity index (χ3n) is 3.05. The number of carbonyl (C=O) groups is 1. The summed E-state index contributed by atoms with van der Waals surface area (Å²) in [5, 5.41) is 18.8. The molecule has 86 valence electrons. The maximum absolute atomic E-state index is 10.7. The van der Waals surface area contributed by atoms with E-state index in [1.165, 1.54) is 0 Å². The number of halogens is 1. The van der Waals surface area contributed by atoms with Crippen molar-refractivity contribution in [3.8, 4) is 0 Å². The summed E-state index contributed by atoms with van der Waals surface area (Å²) in [5.74, 6) is -1.17. The topological polar surface area (TPSA) is 57.5 Å². The number of benzene rings is 1. The molecule has 0 aliphatic heterocycles. The van der Waals surface area contributed by atoms with Gasteiger partial charge in [-0.25, -0.2) is 0 Å². The molecule has 0 radical (unpaired) electrons. The summed E-state index contributed by atoms with van der Waals surface area (Å²) in [6, 6.07) is 7.95. The van der Waals surface area contributed by atoms with E-state index in [1.807, 2.05) is 24.3 Å². The molecule has 0 unspecified atom stereocenters. The first kappa shape index (κ1) is 11.9. The molecule has 1 aromatic carbocycles. The molecule has 1 aliphatic carbocycles. The molecule has 1 saturated carbocycles. The standard InChI is InChI=1S/C12H13IO3/c13-10-3-1-8(2-4-10)5-12(16)6-9(7-12)11(14)15/h1-4,9,16H,5-7H2,(H,14,15). The van der Waals surface area contributed by atoms with Crippen molar-refractivity contribution >= 4 is 28.6 Å². The zero-order valence-corrected chi connectivity index (χ0v) is 10.8. The Bertz CT molecular complexity index is 393. The zero-order valence-electron chi connectivity index (χ0n) is 8.69. The quantitative estimate of drug-likeness (QED) is 0.833. The van der Waals surface area contributed by atoms with Crippen LogP contribution < -0.4 is 0 Å². The predicted octanol–water partition coefficient (Wildman–Crippen LogP) is 2.06. The molecule has 0 saturated heterocycles. The fourth-order valence-electron chi connectivity index (χ4n) is 2.16. The van der Waals surface area contributed by atoms with Crippen molar-refractivity contribution < 1.29 is 15.0 Å². The van der Waals surface area contributed by atoms with Crippen molar-refractivity contribution in [3.63, 3.8) is 0 Å². The maximum Gasteiger partial charge on any atom is 0.306 e. The van der Waals surface area contributed by atoms with E-state index in [9.17, 15) is 9.90 Å². The van der Waals surface area contributed by atoms with E-state index in [2.05, 4.69) is 22.6 Å². The lowest BCUT2D eigenvalue weighted by Crippen LogP contribution is -2.48. The molecule has 0 atom stereocenters. The smallest absolute Gasteiger partial charge is 0.306 e. The first-order valence-electron chi connectivity index (χ1n) is 5.18. The summed E-state index contributed by atoms with van der Waals surface area (Å²) in [7, 11) is 0. The van der Waals surface area contributed by atoms with Crippen molar-refractivity contribution in [1.82, 2.24) is 0 Å². The normalized spacial score (nSPS) is 28.5. The average molecular weight is 332 g/mol. The Balaban J connectivity index is 1.96. The molecular formula is C12H13IO3.